The molecular weight excluding hydrogens is 210 g/mol. The van der Waals surface area contributed by atoms with E-state index in [-0.39, 0.29) is 5.91 Å². The number of carbonyl (C=O) groups is 1. The lowest BCUT2D eigenvalue weighted by Crippen LogP contribution is -2.09. The summed E-state index contributed by atoms with van der Waals surface area (Å²) in [5.74, 6) is 2.66. The average Bonchev–Trinajstić information content (AvgIpc) is 2.89. The number of primary amides is 1. The Morgan fingerprint density at radius 3 is 2.47 bits per heavy atom. The van der Waals surface area contributed by atoms with E-state index in [0.29, 0.717) is 6.42 Å². The van der Waals surface area contributed by atoms with Crippen LogP contribution < -0.4 is 5.73 Å². The number of unbranched alkanes of at least 4 members (excludes halogenated alkanes) is 4. The van der Waals surface area contributed by atoms with Gasteiger partial charge in [0.15, 0.2) is 0 Å². The van der Waals surface area contributed by atoms with Gasteiger partial charge in [0, 0.05) is 6.42 Å². The zero-order valence-corrected chi connectivity index (χ0v) is 10.7. The Hall–Kier alpha value is -0.790. The average molecular weight is 235 g/mol. The summed E-state index contributed by atoms with van der Waals surface area (Å²) < 4.78 is 0. The topological polar surface area (TPSA) is 43.1 Å². The van der Waals surface area contributed by atoms with Crippen LogP contribution in [-0.2, 0) is 4.79 Å². The first kappa shape index (κ1) is 12.7. The first-order chi connectivity index (χ1) is 8.25. The number of hydrogen-bond acceptors (Lipinski definition) is 1. The Morgan fingerprint density at radius 1 is 1.06 bits per heavy atom. The van der Waals surface area contributed by atoms with Crippen molar-refractivity contribution in [3.8, 4) is 0 Å². The van der Waals surface area contributed by atoms with Gasteiger partial charge in [-0.05, 0) is 43.4 Å². The van der Waals surface area contributed by atoms with Crippen LogP contribution in [0.1, 0.15) is 57.8 Å². The van der Waals surface area contributed by atoms with Crippen molar-refractivity contribution in [3.05, 3.63) is 12.2 Å². The molecule has 2 nitrogen and oxygen atoms in total. The Labute approximate surface area is 105 Å². The molecule has 3 unspecified atom stereocenters. The predicted octanol–water partition coefficient (Wildman–Crippen LogP) is 3.41. The summed E-state index contributed by atoms with van der Waals surface area (Å²) in [4.78, 5) is 10.6. The van der Waals surface area contributed by atoms with Crippen molar-refractivity contribution in [2.24, 2.45) is 23.5 Å². The van der Waals surface area contributed by atoms with Crippen molar-refractivity contribution in [3.63, 3.8) is 0 Å². The van der Waals surface area contributed by atoms with Gasteiger partial charge in [-0.1, -0.05) is 37.8 Å². The van der Waals surface area contributed by atoms with E-state index in [4.69, 9.17) is 5.73 Å². The molecule has 0 heterocycles. The third-order valence-corrected chi connectivity index (χ3v) is 4.41. The van der Waals surface area contributed by atoms with Gasteiger partial charge in [0.2, 0.25) is 5.91 Å². The largest absolute Gasteiger partial charge is 0.370 e. The highest BCUT2D eigenvalue weighted by molar-refractivity contribution is 5.73. The first-order valence-corrected chi connectivity index (χ1v) is 7.22. The molecule has 2 bridgehead atoms. The van der Waals surface area contributed by atoms with Crippen molar-refractivity contribution in [2.45, 2.75) is 57.8 Å². The number of fused-ring (bicyclic) bond motifs is 2. The van der Waals surface area contributed by atoms with E-state index in [2.05, 4.69) is 12.2 Å². The monoisotopic (exact) mass is 235 g/mol. The van der Waals surface area contributed by atoms with E-state index in [0.717, 1.165) is 24.2 Å². The molecule has 0 saturated heterocycles. The van der Waals surface area contributed by atoms with Crippen LogP contribution in [0.4, 0.5) is 0 Å². The molecular formula is C15H25NO. The van der Waals surface area contributed by atoms with Gasteiger partial charge in [0.1, 0.15) is 0 Å². The van der Waals surface area contributed by atoms with Crippen LogP contribution in [0.15, 0.2) is 12.2 Å². The molecule has 0 spiro atoms. The molecule has 17 heavy (non-hydrogen) atoms. The van der Waals surface area contributed by atoms with Gasteiger partial charge in [-0.2, -0.15) is 0 Å². The maximum atomic E-state index is 10.6. The van der Waals surface area contributed by atoms with Crippen molar-refractivity contribution in [1.29, 1.82) is 0 Å². The Balaban J connectivity index is 1.44. The zero-order chi connectivity index (χ0) is 12.1. The van der Waals surface area contributed by atoms with Gasteiger partial charge in [-0.25, -0.2) is 0 Å². The van der Waals surface area contributed by atoms with Crippen LogP contribution in [0.5, 0.6) is 0 Å². The van der Waals surface area contributed by atoms with Crippen LogP contribution in [0, 0.1) is 17.8 Å². The minimum atomic E-state index is -0.154. The maximum absolute atomic E-state index is 10.6. The molecule has 1 fully saturated rings. The molecule has 96 valence electrons. The van der Waals surface area contributed by atoms with E-state index in [1.54, 1.807) is 0 Å². The number of amides is 1. The lowest BCUT2D eigenvalue weighted by atomic mass is 9.88. The SMILES string of the molecule is NC(=O)CCCCCCCC1CC2C=CC1C2. The molecule has 0 aromatic heterocycles. The van der Waals surface area contributed by atoms with Gasteiger partial charge in [0.25, 0.3) is 0 Å². The maximum Gasteiger partial charge on any atom is 0.217 e. The number of rotatable bonds is 8. The minimum Gasteiger partial charge on any atom is -0.370 e. The second-order valence-electron chi connectivity index (χ2n) is 5.81. The van der Waals surface area contributed by atoms with Crippen LogP contribution in [0.25, 0.3) is 0 Å². The smallest absolute Gasteiger partial charge is 0.217 e. The lowest BCUT2D eigenvalue weighted by molar-refractivity contribution is -0.118. The summed E-state index contributed by atoms with van der Waals surface area (Å²) in [6, 6.07) is 0. The van der Waals surface area contributed by atoms with Gasteiger partial charge < -0.3 is 5.73 Å². The number of hydrogen-bond donors (Lipinski definition) is 1. The molecule has 0 aromatic carbocycles. The van der Waals surface area contributed by atoms with E-state index in [1.807, 2.05) is 0 Å². The highest BCUT2D eigenvalue weighted by Crippen LogP contribution is 2.45. The molecule has 2 aliphatic rings. The molecule has 1 saturated carbocycles. The molecule has 2 rings (SSSR count). The van der Waals surface area contributed by atoms with Gasteiger partial charge >= 0.3 is 0 Å². The van der Waals surface area contributed by atoms with E-state index in [9.17, 15) is 4.79 Å². The lowest BCUT2D eigenvalue weighted by Gasteiger charge is -2.17. The summed E-state index contributed by atoms with van der Waals surface area (Å²) in [6.45, 7) is 0. The number of nitrogens with two attached hydrogens (primary N) is 1. The molecule has 0 aliphatic heterocycles. The summed E-state index contributed by atoms with van der Waals surface area (Å²) in [7, 11) is 0. The quantitative estimate of drug-likeness (QED) is 0.508. The van der Waals surface area contributed by atoms with Gasteiger partial charge in [-0.15, -0.1) is 0 Å². The summed E-state index contributed by atoms with van der Waals surface area (Å²) in [6.07, 6.45) is 15.9. The highest BCUT2D eigenvalue weighted by Gasteiger charge is 2.34. The van der Waals surface area contributed by atoms with Crippen LogP contribution >= 0.6 is 0 Å². The van der Waals surface area contributed by atoms with E-state index >= 15 is 0 Å². The van der Waals surface area contributed by atoms with E-state index < -0.39 is 0 Å². The molecule has 2 heteroatoms. The van der Waals surface area contributed by atoms with Gasteiger partial charge in [-0.3, -0.25) is 4.79 Å². The zero-order valence-electron chi connectivity index (χ0n) is 10.7. The molecule has 0 aromatic rings. The Bertz CT molecular complexity index is 285. The Kier molecular flexibility index (Phi) is 4.64. The summed E-state index contributed by atoms with van der Waals surface area (Å²) in [5, 5.41) is 0. The second-order valence-corrected chi connectivity index (χ2v) is 5.81. The Morgan fingerprint density at radius 2 is 1.82 bits per heavy atom. The third kappa shape index (κ3) is 3.86. The van der Waals surface area contributed by atoms with Crippen molar-refractivity contribution < 1.29 is 4.79 Å². The fourth-order valence-electron chi connectivity index (χ4n) is 3.46. The number of allylic oxidation sites excluding steroid dienone is 2. The fraction of sp³-hybridized carbons (Fsp3) is 0.800. The summed E-state index contributed by atoms with van der Waals surface area (Å²) in [5.41, 5.74) is 5.11. The first-order valence-electron chi connectivity index (χ1n) is 7.22. The van der Waals surface area contributed by atoms with E-state index in [1.165, 1.54) is 44.9 Å². The number of carbonyl (C=O) groups excluding carboxylic acids is 1. The highest BCUT2D eigenvalue weighted by atomic mass is 16.1. The molecule has 2 N–H and O–H groups in total. The molecule has 0 radical (unpaired) electrons. The van der Waals surface area contributed by atoms with Gasteiger partial charge in [0.05, 0.1) is 0 Å². The minimum absolute atomic E-state index is 0.154. The van der Waals surface area contributed by atoms with Crippen LogP contribution in [0.3, 0.4) is 0 Å². The predicted molar refractivity (Wildman–Crippen MR) is 70.4 cm³/mol. The van der Waals surface area contributed by atoms with Crippen LogP contribution in [-0.4, -0.2) is 5.91 Å². The molecule has 1 amide bonds. The van der Waals surface area contributed by atoms with Crippen molar-refractivity contribution in [1.82, 2.24) is 0 Å². The third-order valence-electron chi connectivity index (χ3n) is 4.41. The normalized spacial score (nSPS) is 30.0. The molecule has 2 aliphatic carbocycles. The van der Waals surface area contributed by atoms with Crippen molar-refractivity contribution in [2.75, 3.05) is 0 Å². The van der Waals surface area contributed by atoms with Crippen molar-refractivity contribution >= 4 is 5.91 Å². The standard InChI is InChI=1S/C15H25NO/c16-15(17)7-5-3-1-2-4-6-13-10-12-8-9-14(13)11-12/h8-9,12-14H,1-7,10-11H2,(H2,16,17). The summed E-state index contributed by atoms with van der Waals surface area (Å²) >= 11 is 0. The van der Waals surface area contributed by atoms with Crippen LogP contribution in [0.2, 0.25) is 0 Å². The second kappa shape index (κ2) is 6.23. The fourth-order valence-corrected chi connectivity index (χ4v) is 3.46. The molecule has 3 atom stereocenters.